The van der Waals surface area contributed by atoms with Crippen LogP contribution in [-0.2, 0) is 9.53 Å². The van der Waals surface area contributed by atoms with Crippen LogP contribution < -0.4 is 0 Å². The normalized spacial score (nSPS) is 33.7. The standard InChI is InChI=1S/C18H32O6/c1-2-3-5-8-13-9-6-4-7-10-14(19)17(22)18(23)15(20)11-12-16(21)24-13/h11-15,17-20,22-23H,2-10H2,1H3. The zero-order valence-electron chi connectivity index (χ0n) is 14.5. The van der Waals surface area contributed by atoms with Gasteiger partial charge in [-0.15, -0.1) is 0 Å². The minimum absolute atomic E-state index is 0.144. The number of hydrogen-bond donors (Lipinski definition) is 4. The molecule has 0 spiro atoms. The van der Waals surface area contributed by atoms with Gasteiger partial charge in [-0.2, -0.15) is 0 Å². The molecule has 0 aromatic carbocycles. The molecule has 0 aromatic rings. The number of carbonyl (C=O) groups excluding carboxylic acids is 1. The van der Waals surface area contributed by atoms with Crippen molar-refractivity contribution in [2.45, 2.75) is 95.2 Å². The fraction of sp³-hybridized carbons (Fsp3) is 0.833. The van der Waals surface area contributed by atoms with Gasteiger partial charge in [0.25, 0.3) is 0 Å². The van der Waals surface area contributed by atoms with E-state index in [0.29, 0.717) is 12.8 Å². The van der Waals surface area contributed by atoms with Crippen molar-refractivity contribution in [2.24, 2.45) is 0 Å². The number of cyclic esters (lactones) is 1. The van der Waals surface area contributed by atoms with Crippen molar-refractivity contribution < 1.29 is 30.0 Å². The highest BCUT2D eigenvalue weighted by molar-refractivity contribution is 5.82. The number of unbranched alkanes of at least 4 members (excludes halogenated alkanes) is 2. The number of hydrogen-bond acceptors (Lipinski definition) is 6. The minimum atomic E-state index is -1.55. The Kier molecular flexibility index (Phi) is 10.2. The lowest BCUT2D eigenvalue weighted by atomic mass is 9.97. The van der Waals surface area contributed by atoms with Crippen LogP contribution >= 0.6 is 0 Å². The molecule has 4 N–H and O–H groups in total. The molecule has 1 heterocycles. The first-order valence-electron chi connectivity index (χ1n) is 9.06. The highest BCUT2D eigenvalue weighted by atomic mass is 16.5. The Bertz CT molecular complexity index is 384. The molecule has 5 atom stereocenters. The summed E-state index contributed by atoms with van der Waals surface area (Å²) in [7, 11) is 0. The zero-order valence-corrected chi connectivity index (χ0v) is 14.5. The van der Waals surface area contributed by atoms with Crippen LogP contribution in [-0.4, -0.2) is 56.9 Å². The topological polar surface area (TPSA) is 107 Å². The Morgan fingerprint density at radius 2 is 1.75 bits per heavy atom. The highest BCUT2D eigenvalue weighted by Gasteiger charge is 2.29. The number of ether oxygens (including phenoxy) is 1. The first-order valence-corrected chi connectivity index (χ1v) is 9.06. The predicted octanol–water partition coefficient (Wildman–Crippen LogP) is 1.44. The molecule has 0 fully saturated rings. The van der Waals surface area contributed by atoms with Crippen LogP contribution in [0.3, 0.4) is 0 Å². The third-order valence-corrected chi connectivity index (χ3v) is 4.46. The summed E-state index contributed by atoms with van der Waals surface area (Å²) in [5.74, 6) is -0.560. The molecular formula is C18H32O6. The van der Waals surface area contributed by atoms with Crippen LogP contribution in [0.4, 0.5) is 0 Å². The van der Waals surface area contributed by atoms with Gasteiger partial charge in [-0.05, 0) is 38.2 Å². The molecule has 24 heavy (non-hydrogen) atoms. The third-order valence-electron chi connectivity index (χ3n) is 4.46. The molecule has 6 nitrogen and oxygen atoms in total. The second-order valence-corrected chi connectivity index (χ2v) is 6.59. The second-order valence-electron chi connectivity index (χ2n) is 6.59. The largest absolute Gasteiger partial charge is 0.459 e. The number of rotatable bonds is 4. The monoisotopic (exact) mass is 344 g/mol. The molecule has 1 aliphatic rings. The van der Waals surface area contributed by atoms with E-state index in [-0.39, 0.29) is 6.10 Å². The van der Waals surface area contributed by atoms with Crippen LogP contribution in [0.1, 0.15) is 64.7 Å². The van der Waals surface area contributed by atoms with E-state index in [4.69, 9.17) is 4.74 Å². The number of aliphatic hydroxyl groups excluding tert-OH is 4. The molecular weight excluding hydrogens is 312 g/mol. The Balaban J connectivity index is 2.71. The lowest BCUT2D eigenvalue weighted by Crippen LogP contribution is -2.43. The summed E-state index contributed by atoms with van der Waals surface area (Å²) in [6.07, 6.45) is 4.06. The van der Waals surface area contributed by atoms with E-state index in [1.54, 1.807) is 0 Å². The van der Waals surface area contributed by atoms with Gasteiger partial charge in [-0.1, -0.05) is 32.6 Å². The highest BCUT2D eigenvalue weighted by Crippen LogP contribution is 2.18. The molecule has 0 aromatic heterocycles. The molecule has 1 rings (SSSR count). The molecule has 0 aliphatic carbocycles. The van der Waals surface area contributed by atoms with Gasteiger partial charge in [-0.25, -0.2) is 4.79 Å². The first-order chi connectivity index (χ1) is 11.5. The predicted molar refractivity (Wildman–Crippen MR) is 90.3 cm³/mol. The van der Waals surface area contributed by atoms with Crippen molar-refractivity contribution >= 4 is 5.97 Å². The number of esters is 1. The maximum absolute atomic E-state index is 11.9. The first kappa shape index (κ1) is 21.1. The average Bonchev–Trinajstić information content (AvgIpc) is 2.56. The van der Waals surface area contributed by atoms with Gasteiger partial charge in [0, 0.05) is 6.08 Å². The second kappa shape index (κ2) is 11.6. The van der Waals surface area contributed by atoms with E-state index in [1.165, 1.54) is 0 Å². The Hall–Kier alpha value is -0.950. The minimum Gasteiger partial charge on any atom is -0.459 e. The molecule has 0 saturated carbocycles. The van der Waals surface area contributed by atoms with E-state index in [2.05, 4.69) is 6.92 Å². The SMILES string of the molecule is CCCCCC1CCCCCC(O)C(O)C(O)C(O)C=CC(=O)O1. The van der Waals surface area contributed by atoms with Gasteiger partial charge in [0.2, 0.25) is 0 Å². The van der Waals surface area contributed by atoms with Crippen molar-refractivity contribution in [3.8, 4) is 0 Å². The smallest absolute Gasteiger partial charge is 0.330 e. The summed E-state index contributed by atoms with van der Waals surface area (Å²) in [6.45, 7) is 2.12. The Morgan fingerprint density at radius 3 is 2.46 bits per heavy atom. The van der Waals surface area contributed by atoms with Crippen LogP contribution in [0.25, 0.3) is 0 Å². The molecule has 5 unspecified atom stereocenters. The van der Waals surface area contributed by atoms with Crippen molar-refractivity contribution in [3.05, 3.63) is 12.2 Å². The van der Waals surface area contributed by atoms with Crippen molar-refractivity contribution in [1.82, 2.24) is 0 Å². The molecule has 6 heteroatoms. The van der Waals surface area contributed by atoms with Gasteiger partial charge in [0.05, 0.1) is 6.10 Å². The summed E-state index contributed by atoms with van der Waals surface area (Å²) in [5.41, 5.74) is 0. The average molecular weight is 344 g/mol. The van der Waals surface area contributed by atoms with Crippen LogP contribution in [0.5, 0.6) is 0 Å². The van der Waals surface area contributed by atoms with Gasteiger partial charge < -0.3 is 25.2 Å². The molecule has 0 saturated heterocycles. The van der Waals surface area contributed by atoms with E-state index >= 15 is 0 Å². The van der Waals surface area contributed by atoms with Gasteiger partial charge in [-0.3, -0.25) is 0 Å². The molecule has 0 radical (unpaired) electrons. The van der Waals surface area contributed by atoms with Crippen LogP contribution in [0.2, 0.25) is 0 Å². The third kappa shape index (κ3) is 7.75. The number of carbonyl (C=O) groups is 1. The summed E-state index contributed by atoms with van der Waals surface area (Å²) in [4.78, 5) is 11.9. The maximum atomic E-state index is 11.9. The van der Waals surface area contributed by atoms with Crippen LogP contribution in [0.15, 0.2) is 12.2 Å². The lowest BCUT2D eigenvalue weighted by Gasteiger charge is -2.25. The van der Waals surface area contributed by atoms with E-state index < -0.39 is 30.4 Å². The fourth-order valence-corrected chi connectivity index (χ4v) is 2.88. The van der Waals surface area contributed by atoms with Gasteiger partial charge in [0.1, 0.15) is 24.4 Å². The van der Waals surface area contributed by atoms with Crippen molar-refractivity contribution in [3.63, 3.8) is 0 Å². The summed E-state index contributed by atoms with van der Waals surface area (Å²) in [5, 5.41) is 39.4. The van der Waals surface area contributed by atoms with E-state index in [1.807, 2.05) is 0 Å². The van der Waals surface area contributed by atoms with Crippen molar-refractivity contribution in [1.29, 1.82) is 0 Å². The summed E-state index contributed by atoms with van der Waals surface area (Å²) in [6, 6.07) is 0. The van der Waals surface area contributed by atoms with Gasteiger partial charge >= 0.3 is 5.97 Å². The lowest BCUT2D eigenvalue weighted by molar-refractivity contribution is -0.144. The Labute approximate surface area is 144 Å². The quantitative estimate of drug-likeness (QED) is 0.454. The van der Waals surface area contributed by atoms with E-state index in [0.717, 1.165) is 57.1 Å². The van der Waals surface area contributed by atoms with Gasteiger partial charge in [0.15, 0.2) is 0 Å². The Morgan fingerprint density at radius 1 is 1.04 bits per heavy atom. The van der Waals surface area contributed by atoms with Crippen molar-refractivity contribution in [2.75, 3.05) is 0 Å². The fourth-order valence-electron chi connectivity index (χ4n) is 2.88. The molecule has 0 bridgehead atoms. The molecule has 140 valence electrons. The van der Waals surface area contributed by atoms with E-state index in [9.17, 15) is 25.2 Å². The zero-order chi connectivity index (χ0) is 17.9. The molecule has 1 aliphatic heterocycles. The van der Waals surface area contributed by atoms with Crippen LogP contribution in [0, 0.1) is 0 Å². The maximum Gasteiger partial charge on any atom is 0.330 e. The summed E-state index contributed by atoms with van der Waals surface area (Å²) >= 11 is 0. The summed E-state index contributed by atoms with van der Waals surface area (Å²) < 4.78 is 5.44. The molecule has 0 amide bonds. The number of aliphatic hydroxyl groups is 4.